The second kappa shape index (κ2) is 7.64. The molecule has 1 aromatic carbocycles. The average Bonchev–Trinajstić information content (AvgIpc) is 2.48. The van der Waals surface area contributed by atoms with Crippen molar-refractivity contribution < 1.29 is 4.92 Å². The number of nitro benzene ring substituents is 1. The second-order valence-electron chi connectivity index (χ2n) is 5.29. The van der Waals surface area contributed by atoms with Gasteiger partial charge >= 0.3 is 0 Å². The number of nitrogens with zero attached hydrogens (tertiary/aromatic N) is 1. The van der Waals surface area contributed by atoms with Gasteiger partial charge in [-0.05, 0) is 37.6 Å². The van der Waals surface area contributed by atoms with Crippen LogP contribution in [0.25, 0.3) is 0 Å². The summed E-state index contributed by atoms with van der Waals surface area (Å²) in [6.07, 6.45) is 8.39. The van der Waals surface area contributed by atoms with Crippen LogP contribution in [-0.2, 0) is 6.42 Å². The highest BCUT2D eigenvalue weighted by atomic mass is 32.2. The van der Waals surface area contributed by atoms with Gasteiger partial charge in [-0.25, -0.2) is 0 Å². The lowest BCUT2D eigenvalue weighted by Gasteiger charge is -2.31. The van der Waals surface area contributed by atoms with E-state index in [-0.39, 0.29) is 10.6 Å². The molecule has 0 heterocycles. The van der Waals surface area contributed by atoms with Crippen molar-refractivity contribution in [3.05, 3.63) is 39.9 Å². The van der Waals surface area contributed by atoms with E-state index in [0.29, 0.717) is 6.04 Å². The molecule has 2 atom stereocenters. The molecule has 2 unspecified atom stereocenters. The smallest absolute Gasteiger partial charge is 0.269 e. The summed E-state index contributed by atoms with van der Waals surface area (Å²) in [5, 5.41) is 15.0. The Labute approximate surface area is 124 Å². The summed E-state index contributed by atoms with van der Waals surface area (Å²) >= 11 is 1.97. The third-order valence-corrected chi connectivity index (χ3v) is 5.14. The molecule has 110 valence electrons. The van der Waals surface area contributed by atoms with E-state index >= 15 is 0 Å². The van der Waals surface area contributed by atoms with Crippen molar-refractivity contribution in [1.82, 2.24) is 5.32 Å². The quantitative estimate of drug-likeness (QED) is 0.645. The zero-order valence-corrected chi connectivity index (χ0v) is 12.7. The SMILES string of the molecule is CSC1CCCCC1NCCc1ccc([N+](=O)[O-])cc1. The van der Waals surface area contributed by atoms with Gasteiger partial charge in [0.05, 0.1) is 4.92 Å². The molecular weight excluding hydrogens is 272 g/mol. The molecule has 0 radical (unpaired) electrons. The number of non-ortho nitro benzene ring substituents is 1. The third-order valence-electron chi connectivity index (χ3n) is 3.97. The van der Waals surface area contributed by atoms with E-state index in [1.165, 1.54) is 25.7 Å². The van der Waals surface area contributed by atoms with E-state index in [2.05, 4.69) is 11.6 Å². The first-order chi connectivity index (χ1) is 9.70. The Kier molecular flexibility index (Phi) is 5.86. The minimum absolute atomic E-state index is 0.163. The van der Waals surface area contributed by atoms with Crippen LogP contribution < -0.4 is 5.32 Å². The monoisotopic (exact) mass is 294 g/mol. The molecule has 4 nitrogen and oxygen atoms in total. The van der Waals surface area contributed by atoms with Crippen molar-refractivity contribution in [2.45, 2.75) is 43.4 Å². The van der Waals surface area contributed by atoms with Crippen LogP contribution in [0.3, 0.4) is 0 Å². The van der Waals surface area contributed by atoms with Gasteiger partial charge in [0, 0.05) is 23.4 Å². The van der Waals surface area contributed by atoms with Gasteiger partial charge in [0.25, 0.3) is 5.69 Å². The van der Waals surface area contributed by atoms with Gasteiger partial charge < -0.3 is 5.32 Å². The molecule has 0 spiro atoms. The van der Waals surface area contributed by atoms with E-state index in [9.17, 15) is 10.1 Å². The van der Waals surface area contributed by atoms with Crippen LogP contribution in [0, 0.1) is 10.1 Å². The number of thioether (sulfide) groups is 1. The molecule has 2 rings (SSSR count). The van der Waals surface area contributed by atoms with Gasteiger partial charge in [-0.3, -0.25) is 10.1 Å². The summed E-state index contributed by atoms with van der Waals surface area (Å²) in [7, 11) is 0. The van der Waals surface area contributed by atoms with E-state index in [1.54, 1.807) is 12.1 Å². The Balaban J connectivity index is 1.78. The molecule has 1 fully saturated rings. The largest absolute Gasteiger partial charge is 0.313 e. The number of nitrogens with one attached hydrogen (secondary N) is 1. The Morgan fingerprint density at radius 3 is 2.65 bits per heavy atom. The van der Waals surface area contributed by atoms with Crippen LogP contribution in [0.2, 0.25) is 0 Å². The fourth-order valence-corrected chi connectivity index (χ4v) is 3.76. The van der Waals surface area contributed by atoms with Crippen LogP contribution in [0.4, 0.5) is 5.69 Å². The van der Waals surface area contributed by atoms with E-state index in [1.807, 2.05) is 23.9 Å². The molecule has 0 aliphatic heterocycles. The summed E-state index contributed by atoms with van der Waals surface area (Å²) in [6.45, 7) is 0.944. The average molecular weight is 294 g/mol. The predicted octanol–water partition coefficient (Wildman–Crippen LogP) is 3.40. The highest BCUT2D eigenvalue weighted by Crippen LogP contribution is 2.27. The zero-order valence-electron chi connectivity index (χ0n) is 11.9. The van der Waals surface area contributed by atoms with Crippen LogP contribution >= 0.6 is 11.8 Å². The van der Waals surface area contributed by atoms with Gasteiger partial charge in [0.15, 0.2) is 0 Å². The molecule has 1 aromatic rings. The predicted molar refractivity (Wildman–Crippen MR) is 84.4 cm³/mol. The topological polar surface area (TPSA) is 55.2 Å². The molecule has 1 aliphatic rings. The van der Waals surface area contributed by atoms with Crippen molar-refractivity contribution in [2.24, 2.45) is 0 Å². The van der Waals surface area contributed by atoms with Crippen molar-refractivity contribution >= 4 is 17.4 Å². The van der Waals surface area contributed by atoms with Crippen molar-refractivity contribution in [3.63, 3.8) is 0 Å². The van der Waals surface area contributed by atoms with Gasteiger partial charge in [-0.2, -0.15) is 11.8 Å². The van der Waals surface area contributed by atoms with E-state index < -0.39 is 0 Å². The molecule has 0 aromatic heterocycles. The first kappa shape index (κ1) is 15.3. The number of hydrogen-bond donors (Lipinski definition) is 1. The summed E-state index contributed by atoms with van der Waals surface area (Å²) in [5.74, 6) is 0. The molecule has 0 saturated heterocycles. The molecule has 1 aliphatic carbocycles. The van der Waals surface area contributed by atoms with Gasteiger partial charge in [0.1, 0.15) is 0 Å². The van der Waals surface area contributed by atoms with E-state index in [4.69, 9.17) is 0 Å². The van der Waals surface area contributed by atoms with Crippen molar-refractivity contribution in [3.8, 4) is 0 Å². The van der Waals surface area contributed by atoms with Crippen LogP contribution in [-0.4, -0.2) is 29.0 Å². The zero-order chi connectivity index (χ0) is 14.4. The maximum atomic E-state index is 10.6. The highest BCUT2D eigenvalue weighted by molar-refractivity contribution is 7.99. The molecule has 20 heavy (non-hydrogen) atoms. The number of nitro groups is 1. The maximum Gasteiger partial charge on any atom is 0.269 e. The minimum atomic E-state index is -0.354. The number of hydrogen-bond acceptors (Lipinski definition) is 4. The Morgan fingerprint density at radius 1 is 1.30 bits per heavy atom. The lowest BCUT2D eigenvalue weighted by Crippen LogP contribution is -2.41. The molecular formula is C15H22N2O2S. The molecule has 1 N–H and O–H groups in total. The van der Waals surface area contributed by atoms with Gasteiger partial charge in [0.2, 0.25) is 0 Å². The maximum absolute atomic E-state index is 10.6. The third kappa shape index (κ3) is 4.21. The Morgan fingerprint density at radius 2 is 2.00 bits per heavy atom. The highest BCUT2D eigenvalue weighted by Gasteiger charge is 2.23. The molecule has 5 heteroatoms. The molecule has 0 bridgehead atoms. The summed E-state index contributed by atoms with van der Waals surface area (Å²) in [6, 6.07) is 7.50. The van der Waals surface area contributed by atoms with E-state index in [0.717, 1.165) is 23.8 Å². The second-order valence-corrected chi connectivity index (χ2v) is 6.37. The molecule has 1 saturated carbocycles. The lowest BCUT2D eigenvalue weighted by atomic mass is 9.94. The number of benzene rings is 1. The first-order valence-electron chi connectivity index (χ1n) is 7.20. The number of rotatable bonds is 6. The summed E-state index contributed by atoms with van der Waals surface area (Å²) < 4.78 is 0. The standard InChI is InChI=1S/C15H22N2O2S/c1-20-15-5-3-2-4-14(15)16-11-10-12-6-8-13(9-7-12)17(18)19/h6-9,14-16H,2-5,10-11H2,1H3. The fraction of sp³-hybridized carbons (Fsp3) is 0.600. The normalized spacial score (nSPS) is 22.6. The van der Waals surface area contributed by atoms with Crippen molar-refractivity contribution in [1.29, 1.82) is 0 Å². The molecule has 0 amide bonds. The summed E-state index contributed by atoms with van der Waals surface area (Å²) in [4.78, 5) is 10.2. The van der Waals surface area contributed by atoms with Crippen molar-refractivity contribution in [2.75, 3.05) is 12.8 Å². The first-order valence-corrected chi connectivity index (χ1v) is 8.49. The van der Waals surface area contributed by atoms with Crippen LogP contribution in [0.15, 0.2) is 24.3 Å². The van der Waals surface area contributed by atoms with Crippen LogP contribution in [0.1, 0.15) is 31.2 Å². The minimum Gasteiger partial charge on any atom is -0.313 e. The summed E-state index contributed by atoms with van der Waals surface area (Å²) in [5.41, 5.74) is 1.32. The van der Waals surface area contributed by atoms with Crippen LogP contribution in [0.5, 0.6) is 0 Å². The van der Waals surface area contributed by atoms with Gasteiger partial charge in [-0.15, -0.1) is 0 Å². The fourth-order valence-electron chi connectivity index (χ4n) is 2.80. The Hall–Kier alpha value is -1.07. The van der Waals surface area contributed by atoms with Gasteiger partial charge in [-0.1, -0.05) is 25.0 Å². The Bertz CT molecular complexity index is 436. The lowest BCUT2D eigenvalue weighted by molar-refractivity contribution is -0.384.